The Morgan fingerprint density at radius 3 is 2.23 bits per heavy atom. The smallest absolute Gasteiger partial charge is 0.401 e. The van der Waals surface area contributed by atoms with Crippen molar-refractivity contribution in [2.75, 3.05) is 13.2 Å². The number of benzene rings is 2. The Hall–Kier alpha value is -2.40. The second kappa shape index (κ2) is 6.40. The highest BCUT2D eigenvalue weighted by atomic mass is 31.2. The lowest BCUT2D eigenvalue weighted by Gasteiger charge is -2.17. The summed E-state index contributed by atoms with van der Waals surface area (Å²) in [5, 5.41) is 0.685. The van der Waals surface area contributed by atoms with Crippen molar-refractivity contribution in [3.8, 4) is 17.0 Å². The number of phosphoric acid groups is 1. The first kappa shape index (κ1) is 17.0. The number of phosphoric ester groups is 1. The maximum absolute atomic E-state index is 13.0. The number of aromatic nitrogens is 1. The Morgan fingerprint density at radius 1 is 0.923 bits per heavy atom. The van der Waals surface area contributed by atoms with Crippen LogP contribution < -0.4 is 4.52 Å². The van der Waals surface area contributed by atoms with E-state index in [-0.39, 0.29) is 19.1 Å². The average Bonchev–Trinajstić information content (AvgIpc) is 3.10. The Morgan fingerprint density at radius 2 is 1.54 bits per heavy atom. The molecule has 0 N–H and O–H groups in total. The summed E-state index contributed by atoms with van der Waals surface area (Å²) in [6.07, 6.45) is 0. The van der Waals surface area contributed by atoms with Gasteiger partial charge in [0.05, 0.1) is 18.7 Å². The fraction of sp³-hybridized carbons (Fsp3) is 0.211. The fourth-order valence-electron chi connectivity index (χ4n) is 3.27. The quantitative estimate of drug-likeness (QED) is 0.452. The molecule has 0 unspecified atom stereocenters. The normalized spacial score (nSPS) is 13.1. The van der Waals surface area contributed by atoms with Gasteiger partial charge in [0, 0.05) is 16.5 Å². The van der Waals surface area contributed by atoms with Crippen LogP contribution in [0.4, 0.5) is 0 Å². The highest BCUT2D eigenvalue weighted by molar-refractivity contribution is 7.49. The summed E-state index contributed by atoms with van der Waals surface area (Å²) in [6, 6.07) is 14.6. The molecule has 7 heteroatoms. The molecular formula is C19H18NO5P. The van der Waals surface area contributed by atoms with Crippen LogP contribution in [0.5, 0.6) is 5.75 Å². The molecule has 1 aliphatic rings. The second-order valence-corrected chi connectivity index (χ2v) is 7.35. The van der Waals surface area contributed by atoms with Crippen molar-refractivity contribution in [1.29, 1.82) is 0 Å². The standard InChI is InChI=1S/C19H18NO5P/c1-3-23-26(22,24-4-2)25-18-15-11-7-8-12-16(15)20-17(18)13-9-5-6-10-14(13)19(20)21/h5-12H,3-4H2,1-2H3. The van der Waals surface area contributed by atoms with Gasteiger partial charge in [0.25, 0.3) is 5.91 Å². The van der Waals surface area contributed by atoms with E-state index in [2.05, 4.69) is 0 Å². The maximum Gasteiger partial charge on any atom is 0.530 e. The largest absolute Gasteiger partial charge is 0.530 e. The molecule has 0 atom stereocenters. The van der Waals surface area contributed by atoms with Gasteiger partial charge in [-0.25, -0.2) is 4.57 Å². The first-order chi connectivity index (χ1) is 12.6. The van der Waals surface area contributed by atoms with Gasteiger partial charge in [-0.3, -0.25) is 18.4 Å². The Labute approximate surface area is 150 Å². The van der Waals surface area contributed by atoms with Gasteiger partial charge in [0.15, 0.2) is 5.75 Å². The molecule has 1 aliphatic heterocycles. The number of nitrogens with zero attached hydrogens (tertiary/aromatic N) is 1. The van der Waals surface area contributed by atoms with Gasteiger partial charge in [-0.2, -0.15) is 0 Å². The molecule has 2 aromatic carbocycles. The molecule has 134 valence electrons. The fourth-order valence-corrected chi connectivity index (χ4v) is 4.49. The zero-order valence-electron chi connectivity index (χ0n) is 14.5. The molecule has 0 amide bonds. The monoisotopic (exact) mass is 371 g/mol. The number of carbonyl (C=O) groups excluding carboxylic acids is 1. The summed E-state index contributed by atoms with van der Waals surface area (Å²) in [5.41, 5.74) is 2.59. The van der Waals surface area contributed by atoms with Gasteiger partial charge in [-0.15, -0.1) is 0 Å². The molecule has 0 bridgehead atoms. The van der Waals surface area contributed by atoms with Gasteiger partial charge >= 0.3 is 7.82 Å². The highest BCUT2D eigenvalue weighted by Crippen LogP contribution is 2.55. The third-order valence-electron chi connectivity index (χ3n) is 4.22. The van der Waals surface area contributed by atoms with E-state index in [1.54, 1.807) is 24.5 Å². The Bertz CT molecular complexity index is 1050. The predicted octanol–water partition coefficient (Wildman–Crippen LogP) is 4.87. The molecule has 26 heavy (non-hydrogen) atoms. The number of rotatable bonds is 6. The number of hydrogen-bond acceptors (Lipinski definition) is 5. The van der Waals surface area contributed by atoms with E-state index in [1.807, 2.05) is 42.5 Å². The van der Waals surface area contributed by atoms with Crippen LogP contribution in [0.2, 0.25) is 0 Å². The first-order valence-corrected chi connectivity index (χ1v) is 9.92. The minimum absolute atomic E-state index is 0.135. The highest BCUT2D eigenvalue weighted by Gasteiger charge is 2.37. The second-order valence-electron chi connectivity index (χ2n) is 5.76. The van der Waals surface area contributed by atoms with Crippen LogP contribution in [0.15, 0.2) is 48.5 Å². The molecule has 6 nitrogen and oxygen atoms in total. The van der Waals surface area contributed by atoms with E-state index in [0.717, 1.165) is 5.56 Å². The molecule has 3 aromatic rings. The number of para-hydroxylation sites is 1. The van der Waals surface area contributed by atoms with Crippen molar-refractivity contribution in [3.05, 3.63) is 54.1 Å². The van der Waals surface area contributed by atoms with Crippen LogP contribution in [0.1, 0.15) is 24.2 Å². The molecule has 0 saturated heterocycles. The molecule has 0 saturated carbocycles. The van der Waals surface area contributed by atoms with Gasteiger partial charge < -0.3 is 4.52 Å². The zero-order valence-corrected chi connectivity index (χ0v) is 15.4. The average molecular weight is 371 g/mol. The molecule has 2 heterocycles. The van der Waals surface area contributed by atoms with Crippen molar-refractivity contribution in [1.82, 2.24) is 4.57 Å². The van der Waals surface area contributed by atoms with Crippen molar-refractivity contribution >= 4 is 24.6 Å². The van der Waals surface area contributed by atoms with Gasteiger partial charge in [-0.1, -0.05) is 30.3 Å². The predicted molar refractivity (Wildman–Crippen MR) is 98.6 cm³/mol. The van der Waals surface area contributed by atoms with Crippen LogP contribution in [-0.2, 0) is 13.6 Å². The Balaban J connectivity index is 1.97. The van der Waals surface area contributed by atoms with Crippen molar-refractivity contribution < 1.29 is 22.9 Å². The van der Waals surface area contributed by atoms with E-state index >= 15 is 0 Å². The number of fused-ring (bicyclic) bond motifs is 5. The van der Waals surface area contributed by atoms with E-state index in [0.29, 0.717) is 27.9 Å². The van der Waals surface area contributed by atoms with Gasteiger partial charge in [0.1, 0.15) is 5.69 Å². The number of hydrogen-bond donors (Lipinski definition) is 0. The lowest BCUT2D eigenvalue weighted by Crippen LogP contribution is -2.05. The van der Waals surface area contributed by atoms with Crippen LogP contribution in [0, 0.1) is 0 Å². The van der Waals surface area contributed by atoms with Crippen LogP contribution in [-0.4, -0.2) is 23.7 Å². The molecule has 0 aliphatic carbocycles. The zero-order chi connectivity index (χ0) is 18.3. The van der Waals surface area contributed by atoms with E-state index in [1.165, 1.54) is 0 Å². The summed E-state index contributed by atoms with van der Waals surface area (Å²) in [4.78, 5) is 12.9. The van der Waals surface area contributed by atoms with Crippen molar-refractivity contribution in [3.63, 3.8) is 0 Å². The van der Waals surface area contributed by atoms with Crippen LogP contribution in [0.3, 0.4) is 0 Å². The Kier molecular flexibility index (Phi) is 4.19. The first-order valence-electron chi connectivity index (χ1n) is 8.46. The third-order valence-corrected chi connectivity index (χ3v) is 5.78. The molecule has 0 fully saturated rings. The lowest BCUT2D eigenvalue weighted by molar-refractivity contribution is 0.0973. The summed E-state index contributed by atoms with van der Waals surface area (Å²) in [7, 11) is -3.80. The topological polar surface area (TPSA) is 66.8 Å². The molecule has 0 spiro atoms. The summed E-state index contributed by atoms with van der Waals surface area (Å²) >= 11 is 0. The van der Waals surface area contributed by atoms with E-state index in [4.69, 9.17) is 13.6 Å². The van der Waals surface area contributed by atoms with Gasteiger partial charge in [0.2, 0.25) is 0 Å². The van der Waals surface area contributed by atoms with Crippen molar-refractivity contribution in [2.45, 2.75) is 13.8 Å². The SMILES string of the molecule is CCOP(=O)(OCC)Oc1c2n(c3ccccc13)C(=O)c1ccccc1-2. The van der Waals surface area contributed by atoms with Crippen LogP contribution >= 0.6 is 7.82 Å². The summed E-state index contributed by atoms with van der Waals surface area (Å²) in [5.74, 6) is 0.202. The molecule has 4 rings (SSSR count). The minimum atomic E-state index is -3.80. The summed E-state index contributed by atoms with van der Waals surface area (Å²) < 4.78 is 30.9. The van der Waals surface area contributed by atoms with E-state index < -0.39 is 7.82 Å². The van der Waals surface area contributed by atoms with Gasteiger partial charge in [-0.05, 0) is 32.0 Å². The minimum Gasteiger partial charge on any atom is -0.401 e. The van der Waals surface area contributed by atoms with Crippen LogP contribution in [0.25, 0.3) is 22.2 Å². The molecular weight excluding hydrogens is 353 g/mol. The lowest BCUT2D eigenvalue weighted by atomic mass is 10.1. The summed E-state index contributed by atoms with van der Waals surface area (Å²) in [6.45, 7) is 3.80. The van der Waals surface area contributed by atoms with E-state index in [9.17, 15) is 9.36 Å². The van der Waals surface area contributed by atoms with Crippen molar-refractivity contribution in [2.24, 2.45) is 0 Å². The molecule has 1 aromatic heterocycles. The maximum atomic E-state index is 13.0. The third kappa shape index (κ3) is 2.50. The molecule has 0 radical (unpaired) electrons. The number of carbonyl (C=O) groups is 1.